The number of anilines is 3. The number of para-hydroxylation sites is 2. The van der Waals surface area contributed by atoms with Crippen molar-refractivity contribution in [1.82, 2.24) is 9.97 Å². The molecule has 1 aliphatic heterocycles. The number of hydrogen-bond donors (Lipinski definition) is 3. The quantitative estimate of drug-likeness (QED) is 0.326. The van der Waals surface area contributed by atoms with E-state index >= 15 is 0 Å². The van der Waals surface area contributed by atoms with Crippen LogP contribution >= 0.6 is 12.4 Å². The van der Waals surface area contributed by atoms with Gasteiger partial charge in [0.15, 0.2) is 0 Å². The molecule has 0 radical (unpaired) electrons. The Labute approximate surface area is 226 Å². The molecule has 0 unspecified atom stereocenters. The molecule has 9 nitrogen and oxygen atoms in total. The van der Waals surface area contributed by atoms with Crippen LogP contribution in [0.2, 0.25) is 0 Å². The summed E-state index contributed by atoms with van der Waals surface area (Å²) < 4.78 is 5.51. The van der Waals surface area contributed by atoms with Gasteiger partial charge >= 0.3 is 0 Å². The first-order valence-corrected chi connectivity index (χ1v) is 12.1. The summed E-state index contributed by atoms with van der Waals surface area (Å²) in [6.45, 7) is 2.02. The average Bonchev–Trinajstić information content (AvgIpc) is 3.18. The Morgan fingerprint density at radius 1 is 1.00 bits per heavy atom. The van der Waals surface area contributed by atoms with E-state index in [1.807, 2.05) is 23.1 Å². The second kappa shape index (κ2) is 11.4. The van der Waals surface area contributed by atoms with E-state index in [4.69, 9.17) is 4.74 Å². The molecular weight excluding hydrogens is 506 g/mol. The Bertz CT molecular complexity index is 1520. The lowest BCUT2D eigenvalue weighted by Gasteiger charge is -2.23. The van der Waals surface area contributed by atoms with Crippen molar-refractivity contribution < 1.29 is 19.1 Å². The first-order chi connectivity index (χ1) is 17.9. The molecule has 10 heteroatoms. The predicted octanol–water partition coefficient (Wildman–Crippen LogP) is 5.19. The van der Waals surface area contributed by atoms with Crippen LogP contribution in [0, 0.1) is 0 Å². The maximum atomic E-state index is 13.5. The number of aryl methyl sites for hydroxylation is 1. The lowest BCUT2D eigenvalue weighted by Crippen LogP contribution is -2.31. The maximum Gasteiger partial charge on any atom is 0.259 e. The van der Waals surface area contributed by atoms with Crippen molar-refractivity contribution in [2.75, 3.05) is 29.2 Å². The summed E-state index contributed by atoms with van der Waals surface area (Å²) in [5, 5.41) is 5.47. The number of nitrogens with one attached hydrogen (secondary N) is 3. The Hall–Kier alpha value is -4.37. The summed E-state index contributed by atoms with van der Waals surface area (Å²) in [5.41, 5.74) is 4.45. The average molecular weight is 534 g/mol. The van der Waals surface area contributed by atoms with E-state index in [0.717, 1.165) is 30.5 Å². The first-order valence-electron chi connectivity index (χ1n) is 12.1. The first kappa shape index (κ1) is 26.7. The van der Waals surface area contributed by atoms with Crippen LogP contribution < -0.4 is 20.3 Å². The number of methoxy groups -OCH3 is 1. The number of rotatable bonds is 5. The Morgan fingerprint density at radius 2 is 1.82 bits per heavy atom. The summed E-state index contributed by atoms with van der Waals surface area (Å²) in [5.74, 6) is -0.217. The van der Waals surface area contributed by atoms with Gasteiger partial charge in [-0.25, -0.2) is 4.98 Å². The molecule has 0 bridgehead atoms. The number of ether oxygens (including phenoxy) is 1. The number of fused-ring (bicyclic) bond motifs is 2. The van der Waals surface area contributed by atoms with Crippen molar-refractivity contribution in [3.05, 3.63) is 77.4 Å². The number of amides is 3. The number of aromatic amines is 1. The Kier molecular flexibility index (Phi) is 7.97. The molecule has 3 aromatic carbocycles. The molecule has 3 amide bonds. The smallest absolute Gasteiger partial charge is 0.259 e. The molecule has 1 aliphatic rings. The summed E-state index contributed by atoms with van der Waals surface area (Å²) in [6.07, 6.45) is 2.89. The molecule has 4 aromatic rings. The molecule has 3 N–H and O–H groups in total. The molecule has 5 rings (SSSR count). The number of benzene rings is 3. The van der Waals surface area contributed by atoms with E-state index in [9.17, 15) is 14.4 Å². The third kappa shape index (κ3) is 5.33. The third-order valence-electron chi connectivity index (χ3n) is 6.35. The van der Waals surface area contributed by atoms with Crippen LogP contribution in [0.25, 0.3) is 11.0 Å². The molecule has 38 heavy (non-hydrogen) atoms. The van der Waals surface area contributed by atoms with E-state index in [1.54, 1.807) is 36.4 Å². The zero-order chi connectivity index (χ0) is 25.9. The minimum atomic E-state index is -0.410. The van der Waals surface area contributed by atoms with Gasteiger partial charge in [-0.3, -0.25) is 19.7 Å². The van der Waals surface area contributed by atoms with Gasteiger partial charge in [0.2, 0.25) is 11.9 Å². The molecule has 0 spiro atoms. The van der Waals surface area contributed by atoms with Crippen LogP contribution in [0.4, 0.5) is 17.3 Å². The third-order valence-corrected chi connectivity index (χ3v) is 6.35. The Morgan fingerprint density at radius 3 is 2.61 bits per heavy atom. The van der Waals surface area contributed by atoms with Gasteiger partial charge in [0.1, 0.15) is 11.3 Å². The van der Waals surface area contributed by atoms with Crippen LogP contribution in [0.3, 0.4) is 0 Å². The van der Waals surface area contributed by atoms with Gasteiger partial charge in [0.25, 0.3) is 11.8 Å². The van der Waals surface area contributed by atoms with Gasteiger partial charge in [-0.15, -0.1) is 12.4 Å². The summed E-state index contributed by atoms with van der Waals surface area (Å²) in [7, 11) is 1.47. The van der Waals surface area contributed by atoms with Gasteiger partial charge in [0, 0.05) is 24.7 Å². The number of imidazole rings is 1. The molecule has 0 fully saturated rings. The van der Waals surface area contributed by atoms with Gasteiger partial charge in [0.05, 0.1) is 23.9 Å². The number of aromatic nitrogens is 2. The fourth-order valence-electron chi connectivity index (χ4n) is 4.62. The second-order valence-corrected chi connectivity index (χ2v) is 8.88. The predicted molar refractivity (Wildman–Crippen MR) is 150 cm³/mol. The van der Waals surface area contributed by atoms with Gasteiger partial charge in [-0.2, -0.15) is 0 Å². The maximum absolute atomic E-state index is 13.5. The van der Waals surface area contributed by atoms with Crippen molar-refractivity contribution >= 4 is 58.5 Å². The van der Waals surface area contributed by atoms with E-state index in [2.05, 4.69) is 26.7 Å². The number of nitrogens with zero attached hydrogens (tertiary/aromatic N) is 2. The lowest BCUT2D eigenvalue weighted by atomic mass is 10.1. The fraction of sp³-hybridized carbons (Fsp3) is 0.214. The van der Waals surface area contributed by atoms with Crippen LogP contribution in [0.5, 0.6) is 5.75 Å². The minimum Gasteiger partial charge on any atom is -0.496 e. The second-order valence-electron chi connectivity index (χ2n) is 8.88. The zero-order valence-electron chi connectivity index (χ0n) is 21.0. The molecule has 196 valence electrons. The van der Waals surface area contributed by atoms with E-state index in [-0.39, 0.29) is 29.8 Å². The summed E-state index contributed by atoms with van der Waals surface area (Å²) in [6, 6.07) is 18.1. The van der Waals surface area contributed by atoms with Crippen LogP contribution in [0.1, 0.15) is 46.0 Å². The van der Waals surface area contributed by atoms with E-state index in [1.165, 1.54) is 14.0 Å². The highest BCUT2D eigenvalue weighted by atomic mass is 35.5. The zero-order valence-corrected chi connectivity index (χ0v) is 21.9. The molecule has 2 heterocycles. The molecular formula is C28H28ClN5O4. The van der Waals surface area contributed by atoms with Crippen molar-refractivity contribution in [2.24, 2.45) is 0 Å². The fourth-order valence-corrected chi connectivity index (χ4v) is 4.62. The van der Waals surface area contributed by atoms with Crippen molar-refractivity contribution in [1.29, 1.82) is 0 Å². The topological polar surface area (TPSA) is 116 Å². The van der Waals surface area contributed by atoms with Crippen LogP contribution in [-0.4, -0.2) is 41.3 Å². The highest BCUT2D eigenvalue weighted by molar-refractivity contribution is 6.11. The van der Waals surface area contributed by atoms with Crippen molar-refractivity contribution in [3.8, 4) is 5.75 Å². The molecule has 0 atom stereocenters. The monoisotopic (exact) mass is 533 g/mol. The SMILES string of the molecule is COc1cc(C(=O)N2CCCCc3ccccc32)ccc1C(=O)Nc1cccc2[nH]c(NC(C)=O)nc12.Cl. The number of hydrogen-bond acceptors (Lipinski definition) is 5. The molecule has 0 aliphatic carbocycles. The Balaban J connectivity index is 0.00000336. The van der Waals surface area contributed by atoms with Crippen LogP contribution in [-0.2, 0) is 11.2 Å². The lowest BCUT2D eigenvalue weighted by molar-refractivity contribution is -0.114. The number of carbonyl (C=O) groups excluding carboxylic acids is 3. The standard InChI is InChI=1S/C28H27N5O4.ClH/c1-17(34)29-28-31-22-11-7-10-21(25(22)32-28)30-26(35)20-14-13-19(16-24(20)37-2)27(36)33-15-6-5-9-18-8-3-4-12-23(18)33;/h3-4,7-8,10-14,16H,5-6,9,15H2,1-2H3,(H,30,35)(H2,29,31,32,34);1H. The number of carbonyl (C=O) groups is 3. The van der Waals surface area contributed by atoms with Crippen LogP contribution in [0.15, 0.2) is 60.7 Å². The highest BCUT2D eigenvalue weighted by Gasteiger charge is 2.24. The van der Waals surface area contributed by atoms with E-state index < -0.39 is 5.91 Å². The minimum absolute atomic E-state index is 0. The van der Waals surface area contributed by atoms with Gasteiger partial charge in [-0.1, -0.05) is 24.3 Å². The summed E-state index contributed by atoms with van der Waals surface area (Å²) >= 11 is 0. The molecule has 0 saturated heterocycles. The molecule has 0 saturated carbocycles. The normalized spacial score (nSPS) is 12.6. The summed E-state index contributed by atoms with van der Waals surface area (Å²) in [4.78, 5) is 47.3. The number of halogens is 1. The molecule has 1 aromatic heterocycles. The van der Waals surface area contributed by atoms with E-state index in [0.29, 0.717) is 40.5 Å². The highest BCUT2D eigenvalue weighted by Crippen LogP contribution is 2.30. The van der Waals surface area contributed by atoms with Gasteiger partial charge < -0.3 is 19.9 Å². The number of H-pyrrole nitrogens is 1. The largest absolute Gasteiger partial charge is 0.496 e. The van der Waals surface area contributed by atoms with Crippen molar-refractivity contribution in [3.63, 3.8) is 0 Å². The van der Waals surface area contributed by atoms with Gasteiger partial charge in [-0.05, 0) is 61.2 Å². The van der Waals surface area contributed by atoms with Crippen molar-refractivity contribution in [2.45, 2.75) is 26.2 Å².